The Balaban J connectivity index is 2.03. The van der Waals surface area contributed by atoms with Crippen LogP contribution in [0.3, 0.4) is 0 Å². The summed E-state index contributed by atoms with van der Waals surface area (Å²) in [5.74, 6) is -1.73. The Bertz CT molecular complexity index is 550. The molecule has 1 unspecified atom stereocenters. The van der Waals surface area contributed by atoms with Gasteiger partial charge in [0.1, 0.15) is 11.1 Å². The predicted octanol–water partition coefficient (Wildman–Crippen LogP) is -0.257. The molecule has 0 radical (unpaired) electrons. The van der Waals surface area contributed by atoms with Crippen LogP contribution in [0.5, 0.6) is 0 Å². The van der Waals surface area contributed by atoms with Gasteiger partial charge in [-0.2, -0.15) is 0 Å². The molecule has 0 spiro atoms. The summed E-state index contributed by atoms with van der Waals surface area (Å²) < 4.78 is 14.3. The molecule has 2 aliphatic rings. The highest BCUT2D eigenvalue weighted by atomic mass is 32.2. The van der Waals surface area contributed by atoms with Crippen molar-refractivity contribution >= 4 is 29.8 Å². The Kier molecular flexibility index (Phi) is 5.50. The van der Waals surface area contributed by atoms with Crippen molar-refractivity contribution in [3.63, 3.8) is 0 Å². The van der Waals surface area contributed by atoms with Crippen molar-refractivity contribution in [2.24, 2.45) is 11.7 Å². The number of esters is 1. The molecule has 3 N–H and O–H groups in total. The van der Waals surface area contributed by atoms with Crippen LogP contribution in [0.25, 0.3) is 0 Å². The number of carbonyl (C=O) groups is 3. The zero-order chi connectivity index (χ0) is 17.1. The highest BCUT2D eigenvalue weighted by Crippen LogP contribution is 2.48. The molecule has 0 aliphatic carbocycles. The maximum atomic E-state index is 12.3. The number of hydrogen-bond donors (Lipinski definition) is 2. The third kappa shape index (κ3) is 3.28. The van der Waals surface area contributed by atoms with Gasteiger partial charge in [0.2, 0.25) is 12.2 Å². The molecule has 2 heterocycles. The smallest absolute Gasteiger partial charge is 0.435 e. The van der Waals surface area contributed by atoms with Crippen LogP contribution in [-0.2, 0) is 23.8 Å². The van der Waals surface area contributed by atoms with Crippen LogP contribution < -0.4 is 5.73 Å². The summed E-state index contributed by atoms with van der Waals surface area (Å²) in [6.07, 6.45) is -2.14. The van der Waals surface area contributed by atoms with Crippen molar-refractivity contribution in [1.82, 2.24) is 4.90 Å². The van der Waals surface area contributed by atoms with Crippen LogP contribution in [0, 0.1) is 5.92 Å². The van der Waals surface area contributed by atoms with Crippen molar-refractivity contribution in [3.05, 3.63) is 10.6 Å². The number of aliphatic hydroxyl groups excluding tert-OH is 1. The number of rotatable bonds is 6. The topological polar surface area (TPSA) is 128 Å². The van der Waals surface area contributed by atoms with Gasteiger partial charge in [0.15, 0.2) is 0 Å². The first-order chi connectivity index (χ1) is 10.9. The summed E-state index contributed by atoms with van der Waals surface area (Å²) in [4.78, 5) is 37.1. The molecule has 2 aliphatic heterocycles. The van der Waals surface area contributed by atoms with Gasteiger partial charge in [-0.3, -0.25) is 9.69 Å². The summed E-state index contributed by atoms with van der Waals surface area (Å²) in [6, 6.07) is 0. The average Bonchev–Trinajstić information content (AvgIpc) is 2.82. The molecule has 0 aromatic heterocycles. The molecule has 3 atom stereocenters. The fourth-order valence-electron chi connectivity index (χ4n) is 2.28. The van der Waals surface area contributed by atoms with Crippen LogP contribution in [0.15, 0.2) is 10.6 Å². The van der Waals surface area contributed by atoms with E-state index in [9.17, 15) is 19.5 Å². The Hall–Kier alpha value is -1.78. The fourth-order valence-corrected chi connectivity index (χ4v) is 3.64. The molecule has 23 heavy (non-hydrogen) atoms. The number of β-lactam (4-membered cyclic amide) rings is 1. The minimum Gasteiger partial charge on any atom is -0.435 e. The molecule has 9 nitrogen and oxygen atoms in total. The molecule has 2 rings (SSSR count). The lowest BCUT2D eigenvalue weighted by molar-refractivity contribution is -0.169. The lowest BCUT2D eigenvalue weighted by Gasteiger charge is -2.41. The molecule has 0 bridgehead atoms. The molecule has 1 fully saturated rings. The molecule has 1 saturated heterocycles. The number of ether oxygens (including phenoxy) is 3. The van der Waals surface area contributed by atoms with Gasteiger partial charge in [-0.1, -0.05) is 0 Å². The maximum absolute atomic E-state index is 12.3. The van der Waals surface area contributed by atoms with Gasteiger partial charge in [0.05, 0.1) is 19.1 Å². The van der Waals surface area contributed by atoms with Gasteiger partial charge in [0.25, 0.3) is 0 Å². The van der Waals surface area contributed by atoms with Gasteiger partial charge < -0.3 is 25.1 Å². The lowest BCUT2D eigenvalue weighted by atomic mass is 9.98. The number of carbonyl (C=O) groups excluding carboxylic acids is 3. The first-order valence-corrected chi connectivity index (χ1v) is 7.90. The molecule has 128 valence electrons. The first-order valence-electron chi connectivity index (χ1n) is 7.02. The summed E-state index contributed by atoms with van der Waals surface area (Å²) >= 11 is 1.25. The van der Waals surface area contributed by atoms with E-state index in [0.717, 1.165) is 0 Å². The number of aliphatic hydroxyl groups is 1. The number of nitrogens with two attached hydrogens (primary N) is 1. The minimum atomic E-state index is -1.18. The van der Waals surface area contributed by atoms with Crippen molar-refractivity contribution < 1.29 is 33.7 Å². The van der Waals surface area contributed by atoms with Gasteiger partial charge in [-0.15, -0.1) is 11.8 Å². The highest BCUT2D eigenvalue weighted by Gasteiger charge is 2.55. The Morgan fingerprint density at radius 3 is 2.70 bits per heavy atom. The van der Waals surface area contributed by atoms with Gasteiger partial charge in [-0.25, -0.2) is 9.59 Å². The molecule has 0 saturated carbocycles. The SMILES string of the molecule is CCOC(=O)OC(C)OC(=O)C1=C(CN)S[C@@H]2[C@@H](CO)C(=O)N12. The van der Waals surface area contributed by atoms with Gasteiger partial charge in [-0.05, 0) is 6.92 Å². The van der Waals surface area contributed by atoms with Crippen molar-refractivity contribution in [2.45, 2.75) is 25.5 Å². The second kappa shape index (κ2) is 7.20. The number of hydrogen-bond acceptors (Lipinski definition) is 9. The number of nitrogens with zero attached hydrogens (tertiary/aromatic N) is 1. The van der Waals surface area contributed by atoms with E-state index in [2.05, 4.69) is 4.74 Å². The normalized spacial score (nSPS) is 24.0. The fraction of sp³-hybridized carbons (Fsp3) is 0.615. The zero-order valence-corrected chi connectivity index (χ0v) is 13.5. The number of amides is 1. The van der Waals surface area contributed by atoms with E-state index in [1.54, 1.807) is 6.92 Å². The maximum Gasteiger partial charge on any atom is 0.511 e. The van der Waals surface area contributed by atoms with Crippen LogP contribution in [0.4, 0.5) is 4.79 Å². The highest BCUT2D eigenvalue weighted by molar-refractivity contribution is 8.04. The van der Waals surface area contributed by atoms with Crippen LogP contribution in [0.1, 0.15) is 13.8 Å². The first kappa shape index (κ1) is 17.6. The third-order valence-corrected chi connectivity index (χ3v) is 4.72. The second-order valence-electron chi connectivity index (χ2n) is 4.76. The van der Waals surface area contributed by atoms with Crippen LogP contribution >= 0.6 is 11.8 Å². The monoisotopic (exact) mass is 346 g/mol. The van der Waals surface area contributed by atoms with E-state index in [0.29, 0.717) is 4.91 Å². The summed E-state index contributed by atoms with van der Waals surface area (Å²) in [6.45, 7) is 2.85. The largest absolute Gasteiger partial charge is 0.511 e. The molecule has 0 aromatic rings. The lowest BCUT2D eigenvalue weighted by Crippen LogP contribution is -2.58. The van der Waals surface area contributed by atoms with Crippen molar-refractivity contribution in [1.29, 1.82) is 0 Å². The standard InChI is InChI=1S/C13H18N2O7S/c1-3-20-13(19)22-6(2)21-12(18)9-8(4-14)23-11-7(5-16)10(17)15(9)11/h6-7,11,16H,3-5,14H2,1-2H3/t6?,7-,11+/m0/s1. The Labute approximate surface area is 136 Å². The summed E-state index contributed by atoms with van der Waals surface area (Å²) in [7, 11) is 0. The molecule has 10 heteroatoms. The Morgan fingerprint density at radius 2 is 2.13 bits per heavy atom. The molecular weight excluding hydrogens is 328 g/mol. The van der Waals surface area contributed by atoms with E-state index in [1.807, 2.05) is 0 Å². The van der Waals surface area contributed by atoms with Crippen LogP contribution in [-0.4, -0.2) is 59.5 Å². The number of fused-ring (bicyclic) bond motifs is 1. The Morgan fingerprint density at radius 1 is 1.43 bits per heavy atom. The van der Waals surface area contributed by atoms with Gasteiger partial charge in [0, 0.05) is 18.4 Å². The van der Waals surface area contributed by atoms with Crippen LogP contribution in [0.2, 0.25) is 0 Å². The third-order valence-electron chi connectivity index (χ3n) is 3.29. The second-order valence-corrected chi connectivity index (χ2v) is 5.97. The average molecular weight is 346 g/mol. The quantitative estimate of drug-likeness (QED) is 0.380. The van der Waals surface area contributed by atoms with Gasteiger partial charge >= 0.3 is 12.1 Å². The van der Waals surface area contributed by atoms with Crippen molar-refractivity contribution in [2.75, 3.05) is 19.8 Å². The van der Waals surface area contributed by atoms with E-state index in [4.69, 9.17) is 15.2 Å². The molecule has 1 amide bonds. The molecule has 0 aromatic carbocycles. The minimum absolute atomic E-state index is 0.0384. The predicted molar refractivity (Wildman–Crippen MR) is 78.5 cm³/mol. The van der Waals surface area contributed by atoms with Crippen molar-refractivity contribution in [3.8, 4) is 0 Å². The van der Waals surface area contributed by atoms with E-state index >= 15 is 0 Å². The van der Waals surface area contributed by atoms with E-state index in [-0.39, 0.29) is 36.7 Å². The summed E-state index contributed by atoms with van der Waals surface area (Å²) in [5, 5.41) is 8.83. The summed E-state index contributed by atoms with van der Waals surface area (Å²) in [5.41, 5.74) is 5.64. The number of thioether (sulfide) groups is 1. The zero-order valence-electron chi connectivity index (χ0n) is 12.7. The molecular formula is C13H18N2O7S. The van der Waals surface area contributed by atoms with E-state index < -0.39 is 24.3 Å². The van der Waals surface area contributed by atoms with E-state index in [1.165, 1.54) is 23.6 Å².